The summed E-state index contributed by atoms with van der Waals surface area (Å²) in [5, 5.41) is 2.91. The number of nitrogens with two attached hydrogens (primary N) is 1. The molecule has 1 amide bonds. The molecule has 0 spiro atoms. The monoisotopic (exact) mass is 529 g/mol. The smallest absolute Gasteiger partial charge is 0.274 e. The lowest BCUT2D eigenvalue weighted by Crippen LogP contribution is -2.38. The van der Waals surface area contributed by atoms with E-state index in [1.165, 1.54) is 36.5 Å². The standard InChI is InChI=1S/C25H25F2N5O4S/c1-13-6-15(36-11-19-29-4-5-35-19)10-30-21(13)22(33)31-14-7-16(20(27)17(26)8-14)24(2)18-9-25(18,12-34-3)37-23(28)32-24/h4-8,10,18H,9,11-12H2,1-3H3,(H2,28,32)(H,31,33)/t18-,24+,25+/m0/s1. The fraction of sp³-hybridized carbons (Fsp3) is 0.360. The fourth-order valence-electron chi connectivity index (χ4n) is 4.88. The van der Waals surface area contributed by atoms with Gasteiger partial charge in [0.05, 0.1) is 29.3 Å². The van der Waals surface area contributed by atoms with Crippen LogP contribution in [-0.2, 0) is 16.9 Å². The predicted octanol–water partition coefficient (Wildman–Crippen LogP) is 4.17. The average Bonchev–Trinajstić information content (AvgIpc) is 3.31. The number of ether oxygens (including phenoxy) is 2. The number of anilines is 1. The van der Waals surface area contributed by atoms with Crippen molar-refractivity contribution < 1.29 is 27.5 Å². The second-order valence-corrected chi connectivity index (χ2v) is 10.7. The molecule has 12 heteroatoms. The Labute approximate surface area is 215 Å². The van der Waals surface area contributed by atoms with Gasteiger partial charge in [0.2, 0.25) is 5.89 Å². The van der Waals surface area contributed by atoms with Gasteiger partial charge in [-0.15, -0.1) is 0 Å². The van der Waals surface area contributed by atoms with Crippen LogP contribution in [0.2, 0.25) is 0 Å². The first-order valence-electron chi connectivity index (χ1n) is 11.5. The molecule has 1 aliphatic carbocycles. The second kappa shape index (κ2) is 9.42. The minimum Gasteiger partial charge on any atom is -0.482 e. The number of hydrogen-bond acceptors (Lipinski definition) is 9. The minimum atomic E-state index is -1.12. The number of aromatic nitrogens is 2. The van der Waals surface area contributed by atoms with Crippen molar-refractivity contribution in [2.45, 2.75) is 37.2 Å². The number of methoxy groups -OCH3 is 1. The highest BCUT2D eigenvalue weighted by Crippen LogP contribution is 2.66. The van der Waals surface area contributed by atoms with Crippen LogP contribution >= 0.6 is 11.8 Å². The van der Waals surface area contributed by atoms with Crippen molar-refractivity contribution in [2.24, 2.45) is 16.6 Å². The molecule has 2 aliphatic rings. The van der Waals surface area contributed by atoms with Gasteiger partial charge in [0.25, 0.3) is 5.91 Å². The van der Waals surface area contributed by atoms with Gasteiger partial charge in [0, 0.05) is 30.3 Å². The number of nitrogens with zero attached hydrogens (tertiary/aromatic N) is 3. The van der Waals surface area contributed by atoms with Crippen LogP contribution in [-0.4, -0.2) is 39.5 Å². The number of nitrogens with one attached hydrogen (secondary N) is 1. The number of aliphatic imine (C=N–C) groups is 1. The highest BCUT2D eigenvalue weighted by atomic mass is 32.2. The van der Waals surface area contributed by atoms with Crippen LogP contribution in [0.1, 0.15) is 40.9 Å². The molecular formula is C25H25F2N5O4S. The van der Waals surface area contributed by atoms with E-state index in [1.807, 2.05) is 0 Å². The van der Waals surface area contributed by atoms with Crippen molar-refractivity contribution in [3.05, 3.63) is 71.2 Å². The number of thioether (sulfide) groups is 1. The Bertz CT molecular complexity index is 1390. The molecule has 0 saturated heterocycles. The minimum absolute atomic E-state index is 0.0222. The molecule has 0 radical (unpaired) electrons. The van der Waals surface area contributed by atoms with E-state index in [1.54, 1.807) is 27.0 Å². The molecule has 9 nitrogen and oxygen atoms in total. The van der Waals surface area contributed by atoms with E-state index in [4.69, 9.17) is 19.6 Å². The Morgan fingerprint density at radius 3 is 2.84 bits per heavy atom. The van der Waals surface area contributed by atoms with E-state index in [-0.39, 0.29) is 39.4 Å². The Balaban J connectivity index is 1.38. The summed E-state index contributed by atoms with van der Waals surface area (Å²) in [5.41, 5.74) is 5.71. The lowest BCUT2D eigenvalue weighted by Gasteiger charge is -2.34. The second-order valence-electron chi connectivity index (χ2n) is 9.28. The summed E-state index contributed by atoms with van der Waals surface area (Å²) in [6.45, 7) is 3.94. The summed E-state index contributed by atoms with van der Waals surface area (Å²) in [7, 11) is 1.59. The molecular weight excluding hydrogens is 504 g/mol. The van der Waals surface area contributed by atoms with E-state index < -0.39 is 23.1 Å². The van der Waals surface area contributed by atoms with Gasteiger partial charge in [0.15, 0.2) is 23.4 Å². The summed E-state index contributed by atoms with van der Waals surface area (Å²) in [6.07, 6.45) is 5.03. The Morgan fingerprint density at radius 1 is 1.32 bits per heavy atom. The Hall–Kier alpha value is -3.51. The molecule has 3 N–H and O–H groups in total. The fourth-order valence-corrected chi connectivity index (χ4v) is 6.33. The van der Waals surface area contributed by atoms with E-state index in [0.717, 1.165) is 6.07 Å². The van der Waals surface area contributed by atoms with Gasteiger partial charge in [-0.05, 0) is 38.0 Å². The number of pyridine rings is 1. The topological polar surface area (TPSA) is 125 Å². The summed E-state index contributed by atoms with van der Waals surface area (Å²) in [6, 6.07) is 3.98. The number of benzene rings is 1. The number of carbonyl (C=O) groups excluding carboxylic acids is 1. The first-order chi connectivity index (χ1) is 17.6. The summed E-state index contributed by atoms with van der Waals surface area (Å²) < 4.78 is 45.6. The number of amidine groups is 1. The van der Waals surface area contributed by atoms with Crippen LogP contribution in [0.5, 0.6) is 5.75 Å². The van der Waals surface area contributed by atoms with E-state index in [9.17, 15) is 9.18 Å². The molecule has 5 rings (SSSR count). The average molecular weight is 530 g/mol. The number of amides is 1. The van der Waals surface area contributed by atoms with Crippen LogP contribution < -0.4 is 15.8 Å². The van der Waals surface area contributed by atoms with Gasteiger partial charge in [-0.2, -0.15) is 0 Å². The summed E-state index contributed by atoms with van der Waals surface area (Å²) >= 11 is 1.40. The SMILES string of the molecule is COC[C@]12C[C@H]1[C@@](C)(c1cc(NC(=O)c3ncc(OCc4ncco4)cc3C)cc(F)c1F)N=C(N)S2. The van der Waals surface area contributed by atoms with Crippen molar-refractivity contribution in [3.8, 4) is 5.75 Å². The Kier molecular flexibility index (Phi) is 6.40. The van der Waals surface area contributed by atoms with Gasteiger partial charge < -0.3 is 24.9 Å². The van der Waals surface area contributed by atoms with Crippen LogP contribution in [0.3, 0.4) is 0 Å². The van der Waals surface area contributed by atoms with Gasteiger partial charge in [-0.3, -0.25) is 9.79 Å². The normalized spacial score (nSPS) is 24.2. The molecule has 3 atom stereocenters. The maximum atomic E-state index is 15.1. The maximum Gasteiger partial charge on any atom is 0.274 e. The van der Waals surface area contributed by atoms with Crippen LogP contribution in [0, 0.1) is 24.5 Å². The lowest BCUT2D eigenvalue weighted by molar-refractivity contribution is 0.102. The summed E-state index contributed by atoms with van der Waals surface area (Å²) in [5.74, 6) is -1.99. The molecule has 3 heterocycles. The lowest BCUT2D eigenvalue weighted by atomic mass is 9.85. The highest BCUT2D eigenvalue weighted by Gasteiger charge is 2.66. The molecule has 194 valence electrons. The zero-order valence-electron chi connectivity index (χ0n) is 20.4. The predicted molar refractivity (Wildman–Crippen MR) is 133 cm³/mol. The molecule has 1 fully saturated rings. The number of fused-ring (bicyclic) bond motifs is 1. The molecule has 2 aromatic heterocycles. The molecule has 0 bridgehead atoms. The highest BCUT2D eigenvalue weighted by molar-refractivity contribution is 8.15. The Morgan fingerprint density at radius 2 is 2.14 bits per heavy atom. The number of carbonyl (C=O) groups is 1. The molecule has 0 unspecified atom stereocenters. The number of aryl methyl sites for hydroxylation is 1. The van der Waals surface area contributed by atoms with Gasteiger partial charge in [-0.25, -0.2) is 18.7 Å². The van der Waals surface area contributed by atoms with Crippen molar-refractivity contribution in [2.75, 3.05) is 19.0 Å². The molecule has 1 saturated carbocycles. The van der Waals surface area contributed by atoms with Crippen molar-refractivity contribution in [1.82, 2.24) is 9.97 Å². The first kappa shape index (κ1) is 25.2. The van der Waals surface area contributed by atoms with Gasteiger partial charge in [-0.1, -0.05) is 11.8 Å². The number of halogens is 2. The van der Waals surface area contributed by atoms with Crippen molar-refractivity contribution in [1.29, 1.82) is 0 Å². The molecule has 1 aromatic carbocycles. The van der Waals surface area contributed by atoms with Crippen molar-refractivity contribution >= 4 is 28.5 Å². The zero-order valence-corrected chi connectivity index (χ0v) is 21.2. The third-order valence-electron chi connectivity index (χ3n) is 6.69. The third kappa shape index (κ3) is 4.66. The largest absolute Gasteiger partial charge is 0.482 e. The molecule has 37 heavy (non-hydrogen) atoms. The summed E-state index contributed by atoms with van der Waals surface area (Å²) in [4.78, 5) is 25.7. The van der Waals surface area contributed by atoms with Gasteiger partial charge in [0.1, 0.15) is 17.7 Å². The molecule has 3 aromatic rings. The van der Waals surface area contributed by atoms with Gasteiger partial charge >= 0.3 is 0 Å². The number of hydrogen-bond donors (Lipinski definition) is 2. The third-order valence-corrected chi connectivity index (χ3v) is 7.96. The van der Waals surface area contributed by atoms with Crippen LogP contribution in [0.15, 0.2) is 46.3 Å². The number of oxazole rings is 1. The maximum absolute atomic E-state index is 15.1. The van der Waals surface area contributed by atoms with E-state index >= 15 is 4.39 Å². The van der Waals surface area contributed by atoms with Crippen LogP contribution in [0.4, 0.5) is 14.5 Å². The quantitative estimate of drug-likeness (QED) is 0.446. The number of rotatable bonds is 8. The van der Waals surface area contributed by atoms with E-state index in [2.05, 4.69) is 20.3 Å². The molecule has 1 aliphatic heterocycles. The van der Waals surface area contributed by atoms with Crippen LogP contribution in [0.25, 0.3) is 0 Å². The zero-order chi connectivity index (χ0) is 26.4. The first-order valence-corrected chi connectivity index (χ1v) is 12.3. The van der Waals surface area contributed by atoms with Crippen molar-refractivity contribution in [3.63, 3.8) is 0 Å². The van der Waals surface area contributed by atoms with E-state index in [0.29, 0.717) is 30.2 Å².